The summed E-state index contributed by atoms with van der Waals surface area (Å²) in [7, 11) is -3.67. The third kappa shape index (κ3) is 5.15. The van der Waals surface area contributed by atoms with Gasteiger partial charge in [0.2, 0.25) is 5.91 Å². The minimum Gasteiger partial charge on any atom is -0.376 e. The molecule has 2 aliphatic rings. The van der Waals surface area contributed by atoms with Gasteiger partial charge in [-0.25, -0.2) is 8.42 Å². The van der Waals surface area contributed by atoms with Crippen molar-refractivity contribution < 1.29 is 17.9 Å². The lowest BCUT2D eigenvalue weighted by Crippen LogP contribution is -2.39. The molecule has 0 bridgehead atoms. The third-order valence-corrected chi connectivity index (χ3v) is 7.66. The van der Waals surface area contributed by atoms with Gasteiger partial charge < -0.3 is 10.1 Å². The summed E-state index contributed by atoms with van der Waals surface area (Å²) in [6, 6.07) is 14.2. The Kier molecular flexibility index (Phi) is 6.58. The number of carbonyl (C=O) groups is 1. The molecule has 2 aromatic carbocycles. The maximum Gasteiger partial charge on any atom is 0.261 e. The Labute approximate surface area is 190 Å². The van der Waals surface area contributed by atoms with E-state index in [-0.39, 0.29) is 16.9 Å². The second-order valence-electron chi connectivity index (χ2n) is 9.35. The van der Waals surface area contributed by atoms with E-state index in [9.17, 15) is 13.2 Å². The van der Waals surface area contributed by atoms with Gasteiger partial charge in [-0.1, -0.05) is 38.1 Å². The fourth-order valence-electron chi connectivity index (χ4n) is 4.30. The van der Waals surface area contributed by atoms with Gasteiger partial charge in [0.15, 0.2) is 0 Å². The highest BCUT2D eigenvalue weighted by Crippen LogP contribution is 2.48. The molecule has 1 heterocycles. The number of hydrogen-bond acceptors (Lipinski definition) is 4. The lowest BCUT2D eigenvalue weighted by Gasteiger charge is -2.18. The number of carbonyl (C=O) groups excluding carboxylic acids is 1. The molecule has 0 radical (unpaired) electrons. The summed E-state index contributed by atoms with van der Waals surface area (Å²) in [5, 5.41) is 3.04. The zero-order valence-electron chi connectivity index (χ0n) is 18.8. The van der Waals surface area contributed by atoms with Crippen molar-refractivity contribution in [1.29, 1.82) is 0 Å². The van der Waals surface area contributed by atoms with Gasteiger partial charge in [0.05, 0.1) is 16.4 Å². The standard InChI is InChI=1S/C25H32N2O4S/c1-18(2)16-19-5-11-23(12-6-19)32(29,30)27-21-9-7-20(8-10-21)25(13-14-25)24(28)26-17-22-4-3-15-31-22/h5-12,18,22,27H,3-4,13-17H2,1-2H3,(H,26,28). The molecule has 0 aromatic heterocycles. The summed E-state index contributed by atoms with van der Waals surface area (Å²) in [5.74, 6) is 0.546. The van der Waals surface area contributed by atoms with E-state index in [1.54, 1.807) is 24.3 Å². The van der Waals surface area contributed by atoms with E-state index in [1.807, 2.05) is 24.3 Å². The van der Waals surface area contributed by atoms with Crippen LogP contribution >= 0.6 is 0 Å². The van der Waals surface area contributed by atoms with Crippen molar-refractivity contribution in [2.75, 3.05) is 17.9 Å². The van der Waals surface area contributed by atoms with Crippen LogP contribution in [-0.2, 0) is 31.4 Å². The molecule has 4 rings (SSSR count). The zero-order chi connectivity index (χ0) is 22.8. The molecular formula is C25H32N2O4S. The average Bonchev–Trinajstić information content (AvgIpc) is 3.40. The van der Waals surface area contributed by atoms with Crippen molar-refractivity contribution in [2.45, 2.75) is 62.4 Å². The molecule has 0 spiro atoms. The molecule has 1 amide bonds. The van der Waals surface area contributed by atoms with E-state index in [2.05, 4.69) is 23.9 Å². The van der Waals surface area contributed by atoms with E-state index < -0.39 is 15.4 Å². The molecule has 172 valence electrons. The minimum atomic E-state index is -3.67. The van der Waals surface area contributed by atoms with Crippen molar-refractivity contribution in [2.24, 2.45) is 5.92 Å². The smallest absolute Gasteiger partial charge is 0.261 e. The van der Waals surface area contributed by atoms with E-state index in [0.717, 1.165) is 49.8 Å². The summed E-state index contributed by atoms with van der Waals surface area (Å²) in [6.07, 6.45) is 4.67. The maximum absolute atomic E-state index is 12.8. The van der Waals surface area contributed by atoms with Crippen molar-refractivity contribution in [1.82, 2.24) is 5.32 Å². The van der Waals surface area contributed by atoms with Crippen molar-refractivity contribution in [3.05, 3.63) is 59.7 Å². The first-order valence-corrected chi connectivity index (χ1v) is 12.9. The molecule has 32 heavy (non-hydrogen) atoms. The van der Waals surface area contributed by atoms with Crippen LogP contribution in [0.3, 0.4) is 0 Å². The molecule has 2 fully saturated rings. The largest absolute Gasteiger partial charge is 0.376 e. The molecule has 2 aromatic rings. The first-order valence-electron chi connectivity index (χ1n) is 11.4. The van der Waals surface area contributed by atoms with Crippen LogP contribution in [0.25, 0.3) is 0 Å². The second kappa shape index (κ2) is 9.24. The topological polar surface area (TPSA) is 84.5 Å². The number of nitrogens with one attached hydrogen (secondary N) is 2. The Morgan fingerprint density at radius 1 is 1.09 bits per heavy atom. The number of ether oxygens (including phenoxy) is 1. The second-order valence-corrected chi connectivity index (χ2v) is 11.0. The van der Waals surface area contributed by atoms with Gasteiger partial charge in [-0.05, 0) is 73.4 Å². The van der Waals surface area contributed by atoms with Gasteiger partial charge in [0, 0.05) is 18.8 Å². The summed E-state index contributed by atoms with van der Waals surface area (Å²) < 4.78 is 33.7. The van der Waals surface area contributed by atoms with Crippen LogP contribution in [-0.4, -0.2) is 33.6 Å². The van der Waals surface area contributed by atoms with Crippen molar-refractivity contribution >= 4 is 21.6 Å². The van der Waals surface area contributed by atoms with Crippen LogP contribution in [0.2, 0.25) is 0 Å². The van der Waals surface area contributed by atoms with Crippen LogP contribution in [0.4, 0.5) is 5.69 Å². The summed E-state index contributed by atoms with van der Waals surface area (Å²) in [4.78, 5) is 13.0. The SMILES string of the molecule is CC(C)Cc1ccc(S(=O)(=O)Nc2ccc(C3(C(=O)NCC4CCCO4)CC3)cc2)cc1. The Hall–Kier alpha value is -2.38. The third-order valence-electron chi connectivity index (χ3n) is 6.27. The molecule has 1 saturated carbocycles. The van der Waals surface area contributed by atoms with Gasteiger partial charge in [-0.15, -0.1) is 0 Å². The molecule has 1 unspecified atom stereocenters. The molecule has 6 nitrogen and oxygen atoms in total. The van der Waals surface area contributed by atoms with Gasteiger partial charge >= 0.3 is 0 Å². The lowest BCUT2D eigenvalue weighted by molar-refractivity contribution is -0.124. The molecule has 1 atom stereocenters. The Morgan fingerprint density at radius 3 is 2.34 bits per heavy atom. The Morgan fingerprint density at radius 2 is 1.78 bits per heavy atom. The highest BCUT2D eigenvalue weighted by molar-refractivity contribution is 7.92. The maximum atomic E-state index is 12.8. The number of rotatable bonds is 9. The van der Waals surface area contributed by atoms with E-state index in [4.69, 9.17) is 4.74 Å². The van der Waals surface area contributed by atoms with Gasteiger partial charge in [0.25, 0.3) is 10.0 Å². The number of anilines is 1. The molecule has 2 N–H and O–H groups in total. The van der Waals surface area contributed by atoms with E-state index in [0.29, 0.717) is 18.2 Å². The highest BCUT2D eigenvalue weighted by Gasteiger charge is 2.51. The zero-order valence-corrected chi connectivity index (χ0v) is 19.6. The molecule has 1 saturated heterocycles. The fourth-order valence-corrected chi connectivity index (χ4v) is 5.36. The fraction of sp³-hybridized carbons (Fsp3) is 0.480. The predicted octanol–water partition coefficient (Wildman–Crippen LogP) is 4.01. The minimum absolute atomic E-state index is 0.0304. The monoisotopic (exact) mass is 456 g/mol. The first-order chi connectivity index (χ1) is 15.3. The first kappa shape index (κ1) is 22.8. The van der Waals surface area contributed by atoms with Crippen molar-refractivity contribution in [3.63, 3.8) is 0 Å². The van der Waals surface area contributed by atoms with Crippen LogP contribution in [0, 0.1) is 5.92 Å². The number of amides is 1. The Balaban J connectivity index is 1.39. The van der Waals surface area contributed by atoms with Crippen molar-refractivity contribution in [3.8, 4) is 0 Å². The quantitative estimate of drug-likeness (QED) is 0.597. The van der Waals surface area contributed by atoms with Gasteiger partial charge in [-0.3, -0.25) is 9.52 Å². The lowest BCUT2D eigenvalue weighted by atomic mass is 9.94. The number of hydrogen-bond donors (Lipinski definition) is 2. The summed E-state index contributed by atoms with van der Waals surface area (Å²) in [6.45, 7) is 5.59. The molecule has 7 heteroatoms. The molecule has 1 aliphatic carbocycles. The van der Waals surface area contributed by atoms with E-state index in [1.165, 1.54) is 0 Å². The molecule has 1 aliphatic heterocycles. The van der Waals surface area contributed by atoms with Crippen LogP contribution < -0.4 is 10.0 Å². The van der Waals surface area contributed by atoms with Crippen LogP contribution in [0.15, 0.2) is 53.4 Å². The van der Waals surface area contributed by atoms with Crippen LogP contribution in [0.1, 0.15) is 50.7 Å². The average molecular weight is 457 g/mol. The highest BCUT2D eigenvalue weighted by atomic mass is 32.2. The number of benzene rings is 2. The molecular weight excluding hydrogens is 424 g/mol. The van der Waals surface area contributed by atoms with Gasteiger partial charge in [-0.2, -0.15) is 0 Å². The number of sulfonamides is 1. The van der Waals surface area contributed by atoms with Crippen LogP contribution in [0.5, 0.6) is 0 Å². The normalized spacial score (nSPS) is 19.7. The summed E-state index contributed by atoms with van der Waals surface area (Å²) in [5.41, 5.74) is 2.03. The van der Waals surface area contributed by atoms with E-state index >= 15 is 0 Å². The van der Waals surface area contributed by atoms with Gasteiger partial charge in [0.1, 0.15) is 0 Å². The predicted molar refractivity (Wildman–Crippen MR) is 125 cm³/mol. The Bertz CT molecular complexity index is 1040. The summed E-state index contributed by atoms with van der Waals surface area (Å²) >= 11 is 0.